The summed E-state index contributed by atoms with van der Waals surface area (Å²) in [4.78, 5) is 17.2. The zero-order valence-corrected chi connectivity index (χ0v) is 13.8. The Labute approximate surface area is 127 Å². The SMILES string of the molecule is CC(=O)Oc1cccc2cc(CBr)cnc12.CN(C)C. The van der Waals surface area contributed by atoms with Gasteiger partial charge in [-0.05, 0) is 38.8 Å². The largest absolute Gasteiger partial charge is 0.424 e. The molecule has 0 saturated carbocycles. The lowest BCUT2D eigenvalue weighted by Crippen LogP contribution is -2.02. The molecule has 0 aliphatic rings. The van der Waals surface area contributed by atoms with Gasteiger partial charge in [0.15, 0.2) is 5.75 Å². The number of esters is 1. The second kappa shape index (κ2) is 7.97. The van der Waals surface area contributed by atoms with Crippen LogP contribution in [0, 0.1) is 0 Å². The molecule has 0 bridgehead atoms. The first-order valence-corrected chi connectivity index (χ1v) is 7.29. The Bertz CT molecular complexity index is 582. The first kappa shape index (κ1) is 16.6. The molecule has 20 heavy (non-hydrogen) atoms. The highest BCUT2D eigenvalue weighted by atomic mass is 79.9. The highest BCUT2D eigenvalue weighted by Gasteiger charge is 2.06. The molecule has 2 rings (SSSR count). The topological polar surface area (TPSA) is 42.4 Å². The summed E-state index contributed by atoms with van der Waals surface area (Å²) in [6, 6.07) is 7.55. The molecule has 108 valence electrons. The van der Waals surface area contributed by atoms with E-state index in [1.165, 1.54) is 6.92 Å². The molecule has 2 aromatic rings. The van der Waals surface area contributed by atoms with Gasteiger partial charge in [-0.3, -0.25) is 9.78 Å². The lowest BCUT2D eigenvalue weighted by atomic mass is 10.1. The van der Waals surface area contributed by atoms with Gasteiger partial charge in [0, 0.05) is 23.8 Å². The number of hydrogen-bond acceptors (Lipinski definition) is 4. The average molecular weight is 339 g/mol. The maximum Gasteiger partial charge on any atom is 0.308 e. The van der Waals surface area contributed by atoms with Crippen LogP contribution in [0.15, 0.2) is 30.5 Å². The number of hydrogen-bond donors (Lipinski definition) is 0. The van der Waals surface area contributed by atoms with Gasteiger partial charge in [-0.25, -0.2) is 0 Å². The number of benzene rings is 1. The van der Waals surface area contributed by atoms with Gasteiger partial charge in [0.1, 0.15) is 5.52 Å². The number of alkyl halides is 1. The zero-order chi connectivity index (χ0) is 15.1. The zero-order valence-electron chi connectivity index (χ0n) is 12.2. The van der Waals surface area contributed by atoms with E-state index in [4.69, 9.17) is 4.74 Å². The average Bonchev–Trinajstić information content (AvgIpc) is 2.37. The molecule has 1 aromatic carbocycles. The van der Waals surface area contributed by atoms with Crippen LogP contribution in [-0.2, 0) is 10.1 Å². The van der Waals surface area contributed by atoms with E-state index in [2.05, 4.69) is 20.9 Å². The summed E-state index contributed by atoms with van der Waals surface area (Å²) in [5, 5.41) is 1.73. The standard InChI is InChI=1S/C12H10BrNO2.C3H9N/c1-8(15)16-11-4-2-3-10-5-9(6-13)7-14-12(10)11;1-4(2)3/h2-5,7H,6H2,1H3;1-3H3. The number of rotatable bonds is 2. The Morgan fingerprint density at radius 2 is 2.00 bits per heavy atom. The van der Waals surface area contributed by atoms with Gasteiger partial charge in [0.05, 0.1) is 0 Å². The maximum atomic E-state index is 10.9. The lowest BCUT2D eigenvalue weighted by Gasteiger charge is -2.05. The molecule has 0 spiro atoms. The van der Waals surface area contributed by atoms with Gasteiger partial charge in [0.25, 0.3) is 0 Å². The molecule has 0 aliphatic heterocycles. The molecule has 0 unspecified atom stereocenters. The molecule has 0 fully saturated rings. The van der Waals surface area contributed by atoms with Crippen molar-refractivity contribution in [3.8, 4) is 5.75 Å². The Morgan fingerprint density at radius 1 is 1.35 bits per heavy atom. The maximum absolute atomic E-state index is 10.9. The highest BCUT2D eigenvalue weighted by molar-refractivity contribution is 9.08. The van der Waals surface area contributed by atoms with E-state index >= 15 is 0 Å². The van der Waals surface area contributed by atoms with Crippen molar-refractivity contribution in [2.75, 3.05) is 21.1 Å². The smallest absolute Gasteiger partial charge is 0.308 e. The van der Waals surface area contributed by atoms with Crippen molar-refractivity contribution in [3.05, 3.63) is 36.0 Å². The van der Waals surface area contributed by atoms with Crippen molar-refractivity contribution in [2.24, 2.45) is 0 Å². The minimum atomic E-state index is -0.334. The Hall–Kier alpha value is -1.46. The summed E-state index contributed by atoms with van der Waals surface area (Å²) in [5.74, 6) is 0.171. The van der Waals surface area contributed by atoms with E-state index in [9.17, 15) is 4.79 Å². The second-order valence-electron chi connectivity index (χ2n) is 4.74. The van der Waals surface area contributed by atoms with E-state index in [0.29, 0.717) is 11.3 Å². The predicted octanol–water partition coefficient (Wildman–Crippen LogP) is 3.23. The summed E-state index contributed by atoms with van der Waals surface area (Å²) < 4.78 is 5.09. The molecule has 0 N–H and O–H groups in total. The first-order valence-electron chi connectivity index (χ1n) is 6.17. The third-order valence-electron chi connectivity index (χ3n) is 2.14. The number of ether oxygens (including phenoxy) is 1. The van der Waals surface area contributed by atoms with Gasteiger partial charge in [-0.2, -0.15) is 0 Å². The van der Waals surface area contributed by atoms with Crippen LogP contribution in [0.25, 0.3) is 10.9 Å². The van der Waals surface area contributed by atoms with Crippen molar-refractivity contribution >= 4 is 32.8 Å². The summed E-state index contributed by atoms with van der Waals surface area (Å²) in [6.45, 7) is 1.38. The normalized spacial score (nSPS) is 10.1. The van der Waals surface area contributed by atoms with Crippen molar-refractivity contribution in [3.63, 3.8) is 0 Å². The fourth-order valence-corrected chi connectivity index (χ4v) is 1.80. The number of carbonyl (C=O) groups is 1. The van der Waals surface area contributed by atoms with Crippen LogP contribution in [0.3, 0.4) is 0 Å². The lowest BCUT2D eigenvalue weighted by molar-refractivity contribution is -0.131. The van der Waals surface area contributed by atoms with Crippen LogP contribution in [0.4, 0.5) is 0 Å². The number of nitrogens with zero attached hydrogens (tertiary/aromatic N) is 2. The summed E-state index contributed by atoms with van der Waals surface area (Å²) >= 11 is 3.38. The Balaban J connectivity index is 0.000000444. The fourth-order valence-electron chi connectivity index (χ4n) is 1.49. The van der Waals surface area contributed by atoms with Crippen LogP contribution in [0.1, 0.15) is 12.5 Å². The number of carbonyl (C=O) groups excluding carboxylic acids is 1. The first-order chi connectivity index (χ1) is 9.43. The van der Waals surface area contributed by atoms with Gasteiger partial charge >= 0.3 is 5.97 Å². The second-order valence-corrected chi connectivity index (χ2v) is 5.30. The minimum absolute atomic E-state index is 0.334. The molecule has 5 heteroatoms. The summed E-state index contributed by atoms with van der Waals surface area (Å²) in [5.41, 5.74) is 1.80. The Kier molecular flexibility index (Phi) is 6.61. The van der Waals surface area contributed by atoms with E-state index in [0.717, 1.165) is 16.3 Å². The van der Waals surface area contributed by atoms with Crippen molar-refractivity contribution in [1.29, 1.82) is 0 Å². The summed E-state index contributed by atoms with van der Waals surface area (Å²) in [7, 11) is 6.00. The number of pyridine rings is 1. The van der Waals surface area contributed by atoms with Crippen LogP contribution in [0.2, 0.25) is 0 Å². The molecule has 1 heterocycles. The molecule has 0 radical (unpaired) electrons. The summed E-state index contributed by atoms with van der Waals surface area (Å²) in [6.07, 6.45) is 1.77. The van der Waals surface area contributed by atoms with Crippen molar-refractivity contribution in [2.45, 2.75) is 12.3 Å². The van der Waals surface area contributed by atoms with Crippen LogP contribution >= 0.6 is 15.9 Å². The molecule has 0 saturated heterocycles. The number of para-hydroxylation sites is 1. The molecule has 4 nitrogen and oxygen atoms in total. The minimum Gasteiger partial charge on any atom is -0.424 e. The Morgan fingerprint density at radius 3 is 2.55 bits per heavy atom. The fraction of sp³-hybridized carbons (Fsp3) is 0.333. The van der Waals surface area contributed by atoms with E-state index in [-0.39, 0.29) is 5.97 Å². The molecular formula is C15H19BrN2O2. The van der Waals surface area contributed by atoms with Crippen LogP contribution < -0.4 is 4.74 Å². The third kappa shape index (κ3) is 5.27. The van der Waals surface area contributed by atoms with Crippen LogP contribution in [-0.4, -0.2) is 37.0 Å². The third-order valence-corrected chi connectivity index (χ3v) is 2.79. The molecule has 1 aromatic heterocycles. The van der Waals surface area contributed by atoms with Crippen molar-refractivity contribution < 1.29 is 9.53 Å². The number of halogens is 1. The molecule has 0 aliphatic carbocycles. The van der Waals surface area contributed by atoms with E-state index in [1.807, 2.05) is 44.2 Å². The van der Waals surface area contributed by atoms with Gasteiger partial charge in [-0.1, -0.05) is 28.1 Å². The number of aromatic nitrogens is 1. The van der Waals surface area contributed by atoms with Gasteiger partial charge in [-0.15, -0.1) is 0 Å². The molecule has 0 atom stereocenters. The predicted molar refractivity (Wildman–Crippen MR) is 85.3 cm³/mol. The molecule has 0 amide bonds. The van der Waals surface area contributed by atoms with Gasteiger partial charge < -0.3 is 9.64 Å². The quantitative estimate of drug-likeness (QED) is 0.479. The molecular weight excluding hydrogens is 320 g/mol. The monoisotopic (exact) mass is 338 g/mol. The number of fused-ring (bicyclic) bond motifs is 1. The van der Waals surface area contributed by atoms with Gasteiger partial charge in [0.2, 0.25) is 0 Å². The van der Waals surface area contributed by atoms with E-state index < -0.39 is 0 Å². The van der Waals surface area contributed by atoms with E-state index in [1.54, 1.807) is 12.3 Å². The van der Waals surface area contributed by atoms with Crippen LogP contribution in [0.5, 0.6) is 5.75 Å². The highest BCUT2D eigenvalue weighted by Crippen LogP contribution is 2.24. The van der Waals surface area contributed by atoms with Crippen molar-refractivity contribution in [1.82, 2.24) is 9.88 Å².